The predicted molar refractivity (Wildman–Crippen MR) is 97.2 cm³/mol. The summed E-state index contributed by atoms with van der Waals surface area (Å²) in [6, 6.07) is 6.10. The molecule has 0 radical (unpaired) electrons. The molecule has 1 heterocycles. The van der Waals surface area contributed by atoms with Crippen molar-refractivity contribution in [1.82, 2.24) is 9.88 Å². The van der Waals surface area contributed by atoms with E-state index >= 15 is 0 Å². The minimum absolute atomic E-state index is 0.220. The molecule has 24 heavy (non-hydrogen) atoms. The molecule has 0 spiro atoms. The number of hydrogen-bond donors (Lipinski definition) is 3. The molecule has 2 rings (SSSR count). The largest absolute Gasteiger partial charge is 0.480 e. The number of aryl methyl sites for hydroxylation is 1. The Hall–Kier alpha value is -1.99. The van der Waals surface area contributed by atoms with Gasteiger partial charge in [-0.3, -0.25) is 4.79 Å². The highest BCUT2D eigenvalue weighted by molar-refractivity contribution is 7.98. The highest BCUT2D eigenvalue weighted by Crippen LogP contribution is 2.21. The van der Waals surface area contributed by atoms with Gasteiger partial charge >= 0.3 is 5.97 Å². The van der Waals surface area contributed by atoms with Crippen molar-refractivity contribution in [2.24, 2.45) is 12.8 Å². The molecule has 0 aliphatic carbocycles. The number of nitrogens with zero attached hydrogens (tertiary/aromatic N) is 1. The normalized spacial score (nSPS) is 13.6. The van der Waals surface area contributed by atoms with Crippen LogP contribution in [0.1, 0.15) is 12.0 Å². The van der Waals surface area contributed by atoms with E-state index in [1.54, 1.807) is 11.8 Å². The molecule has 0 fully saturated rings. The first-order valence-corrected chi connectivity index (χ1v) is 9.14. The lowest BCUT2D eigenvalue weighted by Crippen LogP contribution is -2.49. The Bertz CT molecular complexity index is 729. The minimum atomic E-state index is -1.06. The van der Waals surface area contributed by atoms with E-state index in [1.807, 2.05) is 48.3 Å². The van der Waals surface area contributed by atoms with Gasteiger partial charge in [0.2, 0.25) is 5.91 Å². The number of para-hydroxylation sites is 1. The van der Waals surface area contributed by atoms with Crippen LogP contribution in [0.2, 0.25) is 0 Å². The van der Waals surface area contributed by atoms with Crippen LogP contribution in [-0.2, 0) is 23.1 Å². The number of hydrogen-bond acceptors (Lipinski definition) is 4. The van der Waals surface area contributed by atoms with Gasteiger partial charge in [-0.2, -0.15) is 11.8 Å². The summed E-state index contributed by atoms with van der Waals surface area (Å²) in [5.41, 5.74) is 7.73. The standard InChI is InChI=1S/C17H23N3O3S/c1-20-10-11(12-5-3-4-6-15(12)20)9-14(17(22)23)19-16(21)13(18)7-8-24-2/h3-6,10,13-14H,7-9,18H2,1-2H3,(H,19,21)(H,22,23)/t13-,14+/m0/s1. The number of aromatic nitrogens is 1. The SMILES string of the molecule is CSCC[C@H](N)C(=O)N[C@H](Cc1cn(C)c2ccccc12)C(=O)O. The van der Waals surface area contributed by atoms with Crippen LogP contribution in [0, 0.1) is 0 Å². The molecule has 0 aliphatic heterocycles. The number of carboxylic acids is 1. The smallest absolute Gasteiger partial charge is 0.326 e. The lowest BCUT2D eigenvalue weighted by atomic mass is 10.0. The minimum Gasteiger partial charge on any atom is -0.480 e. The molecule has 2 atom stereocenters. The molecule has 2 aromatic rings. The summed E-state index contributed by atoms with van der Waals surface area (Å²) in [5, 5.41) is 13.0. The molecule has 6 nitrogen and oxygen atoms in total. The monoisotopic (exact) mass is 349 g/mol. The van der Waals surface area contributed by atoms with Gasteiger partial charge in [0.05, 0.1) is 6.04 Å². The van der Waals surface area contributed by atoms with Crippen molar-refractivity contribution in [2.45, 2.75) is 24.9 Å². The number of fused-ring (bicyclic) bond motifs is 1. The highest BCUT2D eigenvalue weighted by atomic mass is 32.2. The Labute approximate surface area is 145 Å². The molecule has 1 aromatic heterocycles. The van der Waals surface area contributed by atoms with Crippen LogP contribution in [0.3, 0.4) is 0 Å². The topological polar surface area (TPSA) is 97.4 Å². The molecule has 4 N–H and O–H groups in total. The van der Waals surface area contributed by atoms with Crippen molar-refractivity contribution in [3.63, 3.8) is 0 Å². The molecule has 0 bridgehead atoms. The van der Waals surface area contributed by atoms with Gasteiger partial charge in [-0.15, -0.1) is 0 Å². The Kier molecular flexibility index (Phi) is 6.28. The van der Waals surface area contributed by atoms with Crippen molar-refractivity contribution in [1.29, 1.82) is 0 Å². The van der Waals surface area contributed by atoms with Crippen molar-refractivity contribution >= 4 is 34.5 Å². The fraction of sp³-hybridized carbons (Fsp3) is 0.412. The summed E-state index contributed by atoms with van der Waals surface area (Å²) in [5.74, 6) is -0.722. The number of carbonyl (C=O) groups is 2. The number of amides is 1. The van der Waals surface area contributed by atoms with Gasteiger partial charge in [-0.25, -0.2) is 4.79 Å². The van der Waals surface area contributed by atoms with Crippen molar-refractivity contribution in [3.05, 3.63) is 36.0 Å². The third-order valence-corrected chi connectivity index (χ3v) is 4.63. The number of benzene rings is 1. The molecule has 7 heteroatoms. The van der Waals surface area contributed by atoms with Gasteiger partial charge in [0, 0.05) is 30.6 Å². The van der Waals surface area contributed by atoms with Gasteiger partial charge in [0.25, 0.3) is 0 Å². The van der Waals surface area contributed by atoms with Crippen LogP contribution < -0.4 is 11.1 Å². The maximum Gasteiger partial charge on any atom is 0.326 e. The van der Waals surface area contributed by atoms with E-state index in [0.29, 0.717) is 6.42 Å². The van der Waals surface area contributed by atoms with Crippen LogP contribution in [0.15, 0.2) is 30.5 Å². The number of nitrogens with one attached hydrogen (secondary N) is 1. The molecule has 0 saturated carbocycles. The number of nitrogens with two attached hydrogens (primary N) is 1. The molecule has 130 valence electrons. The van der Waals surface area contributed by atoms with Crippen LogP contribution in [0.4, 0.5) is 0 Å². The van der Waals surface area contributed by atoms with Gasteiger partial charge in [0.1, 0.15) is 6.04 Å². The van der Waals surface area contributed by atoms with E-state index in [0.717, 1.165) is 22.2 Å². The van der Waals surface area contributed by atoms with E-state index in [4.69, 9.17) is 5.73 Å². The molecule has 1 amide bonds. The zero-order chi connectivity index (χ0) is 17.7. The predicted octanol–water partition coefficient (Wildman–Crippen LogP) is 1.37. The van der Waals surface area contributed by atoms with E-state index in [2.05, 4.69) is 5.32 Å². The quantitative estimate of drug-likeness (QED) is 0.669. The van der Waals surface area contributed by atoms with E-state index in [1.165, 1.54) is 0 Å². The fourth-order valence-corrected chi connectivity index (χ4v) is 3.15. The van der Waals surface area contributed by atoms with Gasteiger partial charge < -0.3 is 20.7 Å². The van der Waals surface area contributed by atoms with Crippen LogP contribution in [-0.4, -0.2) is 45.6 Å². The maximum atomic E-state index is 12.1. The second-order valence-electron chi connectivity index (χ2n) is 5.77. The molecule has 0 aliphatic rings. The summed E-state index contributed by atoms with van der Waals surface area (Å²) >= 11 is 1.60. The van der Waals surface area contributed by atoms with Gasteiger partial charge in [-0.1, -0.05) is 18.2 Å². The van der Waals surface area contributed by atoms with Gasteiger partial charge in [0.15, 0.2) is 0 Å². The zero-order valence-corrected chi connectivity index (χ0v) is 14.7. The van der Waals surface area contributed by atoms with E-state index in [9.17, 15) is 14.7 Å². The van der Waals surface area contributed by atoms with E-state index < -0.39 is 24.0 Å². The lowest BCUT2D eigenvalue weighted by molar-refractivity contribution is -0.142. The Morgan fingerprint density at radius 1 is 1.38 bits per heavy atom. The Balaban J connectivity index is 2.13. The summed E-state index contributed by atoms with van der Waals surface area (Å²) < 4.78 is 1.95. The van der Waals surface area contributed by atoms with Crippen LogP contribution in [0.5, 0.6) is 0 Å². The van der Waals surface area contributed by atoms with Crippen LogP contribution >= 0.6 is 11.8 Å². The summed E-state index contributed by atoms with van der Waals surface area (Å²) in [4.78, 5) is 23.7. The molecular formula is C17H23N3O3S. The third-order valence-electron chi connectivity index (χ3n) is 3.99. The highest BCUT2D eigenvalue weighted by Gasteiger charge is 2.24. The molecule has 1 aromatic carbocycles. The van der Waals surface area contributed by atoms with Crippen molar-refractivity contribution < 1.29 is 14.7 Å². The average Bonchev–Trinajstić information content (AvgIpc) is 2.88. The van der Waals surface area contributed by atoms with Crippen LogP contribution in [0.25, 0.3) is 10.9 Å². The third kappa shape index (κ3) is 4.30. The lowest BCUT2D eigenvalue weighted by Gasteiger charge is -2.17. The number of rotatable bonds is 8. The molecule has 0 unspecified atom stereocenters. The summed E-state index contributed by atoms with van der Waals surface area (Å²) in [6.07, 6.45) is 4.58. The fourth-order valence-electron chi connectivity index (χ4n) is 2.66. The molecular weight excluding hydrogens is 326 g/mol. The number of carboxylic acid groups (broad SMARTS) is 1. The second kappa shape index (κ2) is 8.21. The number of thioether (sulfide) groups is 1. The summed E-state index contributed by atoms with van der Waals surface area (Å²) in [6.45, 7) is 0. The van der Waals surface area contributed by atoms with Crippen molar-refractivity contribution in [2.75, 3.05) is 12.0 Å². The van der Waals surface area contributed by atoms with Gasteiger partial charge in [-0.05, 0) is 30.1 Å². The molecule has 0 saturated heterocycles. The first-order chi connectivity index (χ1) is 11.4. The number of carbonyl (C=O) groups excluding carboxylic acids is 1. The number of aliphatic carboxylic acids is 1. The Morgan fingerprint density at radius 2 is 2.08 bits per heavy atom. The summed E-state index contributed by atoms with van der Waals surface area (Å²) in [7, 11) is 1.92. The average molecular weight is 349 g/mol. The first-order valence-electron chi connectivity index (χ1n) is 7.74. The second-order valence-corrected chi connectivity index (χ2v) is 6.76. The maximum absolute atomic E-state index is 12.1. The van der Waals surface area contributed by atoms with Crippen molar-refractivity contribution in [3.8, 4) is 0 Å². The zero-order valence-electron chi connectivity index (χ0n) is 13.9. The van der Waals surface area contributed by atoms with E-state index in [-0.39, 0.29) is 6.42 Å². The first kappa shape index (κ1) is 18.4. The Morgan fingerprint density at radius 3 is 2.75 bits per heavy atom.